The van der Waals surface area contributed by atoms with Crippen LogP contribution in [0.1, 0.15) is 6.42 Å². The van der Waals surface area contributed by atoms with Crippen LogP contribution in [0.15, 0.2) is 29.2 Å². The Morgan fingerprint density at radius 1 is 1.44 bits per heavy atom. The predicted octanol–water partition coefficient (Wildman–Crippen LogP) is 1.62. The maximum absolute atomic E-state index is 10.3. The molecule has 0 aliphatic rings. The van der Waals surface area contributed by atoms with E-state index in [1.165, 1.54) is 0 Å². The molecule has 0 radical (unpaired) electrons. The third-order valence-electron chi connectivity index (χ3n) is 1.91. The first-order valence-electron chi connectivity index (χ1n) is 4.78. The lowest BCUT2D eigenvalue weighted by molar-refractivity contribution is -0.139. The number of rotatable bonds is 6. The molecule has 0 amide bonds. The third kappa shape index (κ3) is 4.55. The van der Waals surface area contributed by atoms with Gasteiger partial charge in [-0.25, -0.2) is 0 Å². The number of benzene rings is 1. The van der Waals surface area contributed by atoms with Crippen LogP contribution in [0, 0.1) is 0 Å². The fourth-order valence-corrected chi connectivity index (χ4v) is 1.53. The summed E-state index contributed by atoms with van der Waals surface area (Å²) < 4.78 is 5.25. The fourth-order valence-electron chi connectivity index (χ4n) is 1.12. The largest absolute Gasteiger partial charge is 0.491 e. The summed E-state index contributed by atoms with van der Waals surface area (Å²) in [6.07, 6.45) is 0.702. The number of aliphatic carboxylic acids is 1. The second-order valence-corrected chi connectivity index (χ2v) is 4.12. The quantitative estimate of drug-likeness (QED) is 0.742. The Hall–Kier alpha value is -1.20. The third-order valence-corrected chi connectivity index (χ3v) is 2.66. The van der Waals surface area contributed by atoms with Crippen molar-refractivity contribution < 1.29 is 19.7 Å². The van der Waals surface area contributed by atoms with E-state index >= 15 is 0 Å². The summed E-state index contributed by atoms with van der Waals surface area (Å²) in [6.45, 7) is -0.00901. The van der Waals surface area contributed by atoms with Crippen molar-refractivity contribution in [1.82, 2.24) is 0 Å². The van der Waals surface area contributed by atoms with Crippen LogP contribution in [0.25, 0.3) is 0 Å². The molecular formula is C11H14O4S. The van der Waals surface area contributed by atoms with Gasteiger partial charge in [0.15, 0.2) is 0 Å². The van der Waals surface area contributed by atoms with Crippen molar-refractivity contribution in [2.75, 3.05) is 12.9 Å². The Kier molecular flexibility index (Phi) is 5.14. The normalized spacial score (nSPS) is 12.1. The molecule has 1 aromatic rings. The van der Waals surface area contributed by atoms with Crippen molar-refractivity contribution in [1.29, 1.82) is 0 Å². The van der Waals surface area contributed by atoms with Gasteiger partial charge >= 0.3 is 5.97 Å². The number of carbonyl (C=O) groups is 1. The summed E-state index contributed by atoms with van der Waals surface area (Å²) in [6, 6.07) is 7.39. The fraction of sp³-hybridized carbons (Fsp3) is 0.364. The number of thioether (sulfide) groups is 1. The molecule has 0 aliphatic carbocycles. The number of aliphatic hydroxyl groups excluding tert-OH is 1. The Labute approximate surface area is 98.2 Å². The zero-order chi connectivity index (χ0) is 12.0. The van der Waals surface area contributed by atoms with E-state index in [0.29, 0.717) is 5.75 Å². The maximum atomic E-state index is 10.3. The minimum atomic E-state index is -1.03. The van der Waals surface area contributed by atoms with Gasteiger partial charge in [-0.2, -0.15) is 0 Å². The second kappa shape index (κ2) is 6.40. The lowest BCUT2D eigenvalue weighted by atomic mass is 10.3. The van der Waals surface area contributed by atoms with E-state index in [-0.39, 0.29) is 13.0 Å². The molecule has 5 heteroatoms. The van der Waals surface area contributed by atoms with Gasteiger partial charge in [0.2, 0.25) is 0 Å². The van der Waals surface area contributed by atoms with Gasteiger partial charge in [0, 0.05) is 4.90 Å². The summed E-state index contributed by atoms with van der Waals surface area (Å²) in [5, 5.41) is 17.7. The van der Waals surface area contributed by atoms with E-state index in [9.17, 15) is 9.90 Å². The number of hydrogen-bond acceptors (Lipinski definition) is 4. The first-order valence-corrected chi connectivity index (χ1v) is 6.01. The standard InChI is InChI=1S/C11H14O4S/c1-16-10-4-2-9(3-5-10)15-7-8(12)6-11(13)14/h2-5,8,12H,6-7H2,1H3,(H,13,14). The monoisotopic (exact) mass is 242 g/mol. The van der Waals surface area contributed by atoms with Crippen LogP contribution in [0.4, 0.5) is 0 Å². The van der Waals surface area contributed by atoms with Crippen LogP contribution >= 0.6 is 11.8 Å². The van der Waals surface area contributed by atoms with Gasteiger partial charge in [0.05, 0.1) is 12.5 Å². The maximum Gasteiger partial charge on any atom is 0.306 e. The van der Waals surface area contributed by atoms with E-state index in [2.05, 4.69) is 0 Å². The molecule has 0 aliphatic heterocycles. The van der Waals surface area contributed by atoms with E-state index in [0.717, 1.165) is 4.90 Å². The molecule has 1 unspecified atom stereocenters. The molecule has 1 aromatic carbocycles. The van der Waals surface area contributed by atoms with Crippen molar-refractivity contribution in [3.05, 3.63) is 24.3 Å². The number of carboxylic acid groups (broad SMARTS) is 1. The smallest absolute Gasteiger partial charge is 0.306 e. The molecule has 1 atom stereocenters. The molecule has 4 nitrogen and oxygen atoms in total. The molecule has 0 spiro atoms. The van der Waals surface area contributed by atoms with Gasteiger partial charge in [0.25, 0.3) is 0 Å². The highest BCUT2D eigenvalue weighted by molar-refractivity contribution is 7.98. The van der Waals surface area contributed by atoms with Crippen molar-refractivity contribution in [2.45, 2.75) is 17.4 Å². The van der Waals surface area contributed by atoms with Crippen molar-refractivity contribution in [3.63, 3.8) is 0 Å². The van der Waals surface area contributed by atoms with Gasteiger partial charge in [-0.1, -0.05) is 0 Å². The highest BCUT2D eigenvalue weighted by Crippen LogP contribution is 2.19. The van der Waals surface area contributed by atoms with E-state index in [1.807, 2.05) is 18.4 Å². The molecule has 0 aromatic heterocycles. The zero-order valence-corrected chi connectivity index (χ0v) is 9.74. The van der Waals surface area contributed by atoms with Crippen LogP contribution in [-0.2, 0) is 4.79 Å². The van der Waals surface area contributed by atoms with E-state index < -0.39 is 12.1 Å². The Morgan fingerprint density at radius 2 is 2.06 bits per heavy atom. The lowest BCUT2D eigenvalue weighted by Crippen LogP contribution is -2.21. The van der Waals surface area contributed by atoms with Crippen molar-refractivity contribution in [2.24, 2.45) is 0 Å². The number of carboxylic acids is 1. The van der Waals surface area contributed by atoms with Gasteiger partial charge in [-0.15, -0.1) is 11.8 Å². The molecule has 0 bridgehead atoms. The van der Waals surface area contributed by atoms with Crippen LogP contribution in [0.2, 0.25) is 0 Å². The van der Waals surface area contributed by atoms with E-state index in [4.69, 9.17) is 9.84 Å². The molecule has 0 fully saturated rings. The first-order chi connectivity index (χ1) is 7.61. The summed E-state index contributed by atoms with van der Waals surface area (Å²) in [5.74, 6) is -0.406. The van der Waals surface area contributed by atoms with Crippen LogP contribution < -0.4 is 4.74 Å². The van der Waals surface area contributed by atoms with Crippen molar-refractivity contribution >= 4 is 17.7 Å². The van der Waals surface area contributed by atoms with E-state index in [1.54, 1.807) is 23.9 Å². The molecule has 2 N–H and O–H groups in total. The zero-order valence-electron chi connectivity index (χ0n) is 8.92. The van der Waals surface area contributed by atoms with Gasteiger partial charge < -0.3 is 14.9 Å². The highest BCUT2D eigenvalue weighted by Gasteiger charge is 2.09. The van der Waals surface area contributed by atoms with Crippen LogP contribution in [0.5, 0.6) is 5.75 Å². The Morgan fingerprint density at radius 3 is 2.56 bits per heavy atom. The van der Waals surface area contributed by atoms with Crippen LogP contribution in [-0.4, -0.2) is 35.1 Å². The lowest BCUT2D eigenvalue weighted by Gasteiger charge is -2.10. The summed E-state index contributed by atoms with van der Waals surface area (Å²) in [4.78, 5) is 11.4. The number of hydrogen-bond donors (Lipinski definition) is 2. The van der Waals surface area contributed by atoms with Crippen molar-refractivity contribution in [3.8, 4) is 5.75 Å². The second-order valence-electron chi connectivity index (χ2n) is 3.24. The molecule has 0 heterocycles. The number of aliphatic hydroxyl groups is 1. The van der Waals surface area contributed by atoms with Gasteiger partial charge in [-0.3, -0.25) is 4.79 Å². The SMILES string of the molecule is CSc1ccc(OCC(O)CC(=O)O)cc1. The summed E-state index contributed by atoms with van der Waals surface area (Å²) >= 11 is 1.63. The molecule has 88 valence electrons. The Balaban J connectivity index is 2.39. The molecule has 0 saturated heterocycles. The minimum absolute atomic E-state index is 0.00901. The Bertz CT molecular complexity index is 336. The summed E-state index contributed by atoms with van der Waals surface area (Å²) in [7, 11) is 0. The average Bonchev–Trinajstić information content (AvgIpc) is 2.26. The predicted molar refractivity (Wildman–Crippen MR) is 62.0 cm³/mol. The molecule has 1 rings (SSSR count). The first kappa shape index (κ1) is 12.9. The molecule has 0 saturated carbocycles. The molecular weight excluding hydrogens is 228 g/mol. The minimum Gasteiger partial charge on any atom is -0.491 e. The van der Waals surface area contributed by atoms with Gasteiger partial charge in [-0.05, 0) is 30.5 Å². The van der Waals surface area contributed by atoms with Gasteiger partial charge in [0.1, 0.15) is 12.4 Å². The number of ether oxygens (including phenoxy) is 1. The summed E-state index contributed by atoms with van der Waals surface area (Å²) in [5.41, 5.74) is 0. The average molecular weight is 242 g/mol. The molecule has 16 heavy (non-hydrogen) atoms. The van der Waals surface area contributed by atoms with Crippen LogP contribution in [0.3, 0.4) is 0 Å². The highest BCUT2D eigenvalue weighted by atomic mass is 32.2. The topological polar surface area (TPSA) is 66.8 Å².